The third kappa shape index (κ3) is 3.48. The average molecular weight is 258 g/mol. The number of aromatic nitrogens is 3. The maximum atomic E-state index is 5.28. The van der Waals surface area contributed by atoms with Crippen molar-refractivity contribution in [2.24, 2.45) is 0 Å². The molecule has 0 aliphatic rings. The molecule has 1 unspecified atom stereocenters. The smallest absolute Gasteiger partial charge is 0.237 e. The maximum absolute atomic E-state index is 5.28. The molecular formula is C14H18N4O. The molecule has 1 atom stereocenters. The average Bonchev–Trinajstić information content (AvgIpc) is 2.48. The van der Waals surface area contributed by atoms with Gasteiger partial charge in [0.05, 0.1) is 13.2 Å². The Bertz CT molecular complexity index is 504. The Kier molecular flexibility index (Phi) is 4.80. The van der Waals surface area contributed by atoms with Crippen molar-refractivity contribution < 1.29 is 4.74 Å². The van der Waals surface area contributed by atoms with Crippen molar-refractivity contribution in [1.82, 2.24) is 20.3 Å². The summed E-state index contributed by atoms with van der Waals surface area (Å²) in [5.74, 6) is 0.572. The fourth-order valence-corrected chi connectivity index (χ4v) is 2.00. The quantitative estimate of drug-likeness (QED) is 0.855. The molecule has 0 amide bonds. The van der Waals surface area contributed by atoms with Gasteiger partial charge in [0.2, 0.25) is 5.88 Å². The number of nitrogens with zero attached hydrogens (tertiary/aromatic N) is 3. The lowest BCUT2D eigenvalue weighted by atomic mass is 10.0. The van der Waals surface area contributed by atoms with Gasteiger partial charge in [-0.15, -0.1) is 0 Å². The van der Waals surface area contributed by atoms with Crippen LogP contribution < -0.4 is 10.1 Å². The monoisotopic (exact) mass is 258 g/mol. The second kappa shape index (κ2) is 6.80. The standard InChI is InChI=1S/C14H18N4O/c1-3-16-12(10-11-4-6-15-7-5-11)13-14(19-2)18-9-8-17-13/h4-9,12,16H,3,10H2,1-2H3. The Morgan fingerprint density at radius 2 is 1.89 bits per heavy atom. The zero-order chi connectivity index (χ0) is 13.5. The van der Waals surface area contributed by atoms with Crippen molar-refractivity contribution in [3.63, 3.8) is 0 Å². The molecule has 0 aliphatic carbocycles. The third-order valence-electron chi connectivity index (χ3n) is 2.85. The Hall–Kier alpha value is -2.01. The van der Waals surface area contributed by atoms with Crippen molar-refractivity contribution in [2.45, 2.75) is 19.4 Å². The van der Waals surface area contributed by atoms with Gasteiger partial charge in [-0.25, -0.2) is 4.98 Å². The molecular weight excluding hydrogens is 240 g/mol. The van der Waals surface area contributed by atoms with Gasteiger partial charge in [-0.05, 0) is 30.7 Å². The van der Waals surface area contributed by atoms with Gasteiger partial charge in [-0.2, -0.15) is 0 Å². The highest BCUT2D eigenvalue weighted by atomic mass is 16.5. The summed E-state index contributed by atoms with van der Waals surface area (Å²) in [6, 6.07) is 4.09. The van der Waals surface area contributed by atoms with Gasteiger partial charge >= 0.3 is 0 Å². The molecule has 2 aromatic heterocycles. The van der Waals surface area contributed by atoms with Crippen LogP contribution in [0.15, 0.2) is 36.9 Å². The SMILES string of the molecule is CCNC(Cc1ccncc1)c1nccnc1OC. The van der Waals surface area contributed by atoms with Crippen LogP contribution in [0.1, 0.15) is 24.2 Å². The number of rotatable bonds is 6. The van der Waals surface area contributed by atoms with Crippen LogP contribution in [-0.2, 0) is 6.42 Å². The first-order valence-corrected chi connectivity index (χ1v) is 6.32. The second-order valence-electron chi connectivity index (χ2n) is 4.12. The van der Waals surface area contributed by atoms with Crippen molar-refractivity contribution >= 4 is 0 Å². The summed E-state index contributed by atoms with van der Waals surface area (Å²) in [6.45, 7) is 2.93. The lowest BCUT2D eigenvalue weighted by Crippen LogP contribution is -2.24. The Morgan fingerprint density at radius 1 is 1.16 bits per heavy atom. The lowest BCUT2D eigenvalue weighted by molar-refractivity contribution is 0.377. The van der Waals surface area contributed by atoms with Crippen molar-refractivity contribution in [1.29, 1.82) is 0 Å². The van der Waals surface area contributed by atoms with Gasteiger partial charge in [-0.1, -0.05) is 6.92 Å². The molecule has 0 aromatic carbocycles. The third-order valence-corrected chi connectivity index (χ3v) is 2.85. The fourth-order valence-electron chi connectivity index (χ4n) is 2.00. The fraction of sp³-hybridized carbons (Fsp3) is 0.357. The van der Waals surface area contributed by atoms with Gasteiger partial charge in [0.1, 0.15) is 5.69 Å². The summed E-state index contributed by atoms with van der Waals surface area (Å²) in [7, 11) is 1.61. The van der Waals surface area contributed by atoms with E-state index in [1.165, 1.54) is 5.56 Å². The number of pyridine rings is 1. The first kappa shape index (κ1) is 13.4. The zero-order valence-electron chi connectivity index (χ0n) is 11.2. The van der Waals surface area contributed by atoms with Gasteiger partial charge in [-0.3, -0.25) is 9.97 Å². The highest BCUT2D eigenvalue weighted by molar-refractivity contribution is 5.24. The van der Waals surface area contributed by atoms with Crippen LogP contribution in [0, 0.1) is 0 Å². The first-order chi connectivity index (χ1) is 9.35. The van der Waals surface area contributed by atoms with Crippen LogP contribution in [0.5, 0.6) is 5.88 Å². The van der Waals surface area contributed by atoms with Gasteiger partial charge in [0.15, 0.2) is 0 Å². The summed E-state index contributed by atoms with van der Waals surface area (Å²) < 4.78 is 5.28. The molecule has 19 heavy (non-hydrogen) atoms. The van der Waals surface area contributed by atoms with Gasteiger partial charge in [0, 0.05) is 24.8 Å². The van der Waals surface area contributed by atoms with Crippen LogP contribution in [0.4, 0.5) is 0 Å². The topological polar surface area (TPSA) is 59.9 Å². The van der Waals surface area contributed by atoms with E-state index in [1.54, 1.807) is 31.9 Å². The Balaban J connectivity index is 2.24. The molecule has 0 radical (unpaired) electrons. The van der Waals surface area contributed by atoms with Crippen LogP contribution in [-0.4, -0.2) is 28.6 Å². The number of ether oxygens (including phenoxy) is 1. The molecule has 2 rings (SSSR count). The van der Waals surface area contributed by atoms with Crippen molar-refractivity contribution in [3.8, 4) is 5.88 Å². The largest absolute Gasteiger partial charge is 0.480 e. The van der Waals surface area contributed by atoms with E-state index < -0.39 is 0 Å². The molecule has 5 nitrogen and oxygen atoms in total. The van der Waals surface area contributed by atoms with Gasteiger partial charge < -0.3 is 10.1 Å². The van der Waals surface area contributed by atoms with E-state index in [9.17, 15) is 0 Å². The Labute approximate surface area is 113 Å². The molecule has 0 fully saturated rings. The minimum Gasteiger partial charge on any atom is -0.480 e. The lowest BCUT2D eigenvalue weighted by Gasteiger charge is -2.18. The second-order valence-corrected chi connectivity index (χ2v) is 4.12. The molecule has 0 bridgehead atoms. The normalized spacial score (nSPS) is 12.1. The van der Waals surface area contributed by atoms with Crippen LogP contribution in [0.25, 0.3) is 0 Å². The van der Waals surface area contributed by atoms with E-state index >= 15 is 0 Å². The van der Waals surface area contributed by atoms with Crippen molar-refractivity contribution in [2.75, 3.05) is 13.7 Å². The summed E-state index contributed by atoms with van der Waals surface area (Å²) >= 11 is 0. The van der Waals surface area contributed by atoms with Crippen LogP contribution >= 0.6 is 0 Å². The highest BCUT2D eigenvalue weighted by Gasteiger charge is 2.18. The van der Waals surface area contributed by atoms with E-state index in [4.69, 9.17) is 4.74 Å². The molecule has 2 aromatic rings. The summed E-state index contributed by atoms with van der Waals surface area (Å²) in [5.41, 5.74) is 2.04. The number of hydrogen-bond donors (Lipinski definition) is 1. The van der Waals surface area contributed by atoms with Crippen LogP contribution in [0.3, 0.4) is 0 Å². The van der Waals surface area contributed by atoms with E-state index in [1.807, 2.05) is 12.1 Å². The van der Waals surface area contributed by atoms with Crippen molar-refractivity contribution in [3.05, 3.63) is 48.2 Å². The maximum Gasteiger partial charge on any atom is 0.237 e. The number of likely N-dealkylation sites (N-methyl/N-ethyl adjacent to an activating group) is 1. The molecule has 1 N–H and O–H groups in total. The first-order valence-electron chi connectivity index (χ1n) is 6.32. The summed E-state index contributed by atoms with van der Waals surface area (Å²) in [6.07, 6.45) is 7.75. The van der Waals surface area contributed by atoms with E-state index in [0.717, 1.165) is 18.7 Å². The molecule has 5 heteroatoms. The predicted octanol–water partition coefficient (Wildman–Crippen LogP) is 1.77. The number of nitrogens with one attached hydrogen (secondary N) is 1. The van der Waals surface area contributed by atoms with E-state index in [-0.39, 0.29) is 6.04 Å². The minimum absolute atomic E-state index is 0.0797. The molecule has 0 aliphatic heterocycles. The van der Waals surface area contributed by atoms with E-state index in [0.29, 0.717) is 5.88 Å². The summed E-state index contributed by atoms with van der Waals surface area (Å²) in [4.78, 5) is 12.6. The number of hydrogen-bond acceptors (Lipinski definition) is 5. The summed E-state index contributed by atoms with van der Waals surface area (Å²) in [5, 5.41) is 3.42. The Morgan fingerprint density at radius 3 is 2.58 bits per heavy atom. The van der Waals surface area contributed by atoms with Gasteiger partial charge in [0.25, 0.3) is 0 Å². The molecule has 2 heterocycles. The van der Waals surface area contributed by atoms with Crippen LogP contribution in [0.2, 0.25) is 0 Å². The molecule has 0 saturated carbocycles. The molecule has 0 saturated heterocycles. The number of methoxy groups -OCH3 is 1. The predicted molar refractivity (Wildman–Crippen MR) is 72.9 cm³/mol. The molecule has 0 spiro atoms. The zero-order valence-corrected chi connectivity index (χ0v) is 11.2. The molecule has 100 valence electrons. The minimum atomic E-state index is 0.0797. The van der Waals surface area contributed by atoms with E-state index in [2.05, 4.69) is 27.2 Å². The highest BCUT2D eigenvalue weighted by Crippen LogP contribution is 2.23.